The van der Waals surface area contributed by atoms with E-state index in [-0.39, 0.29) is 19.0 Å². The number of aliphatic imine (C=N–C) groups is 1. The number of methoxy groups -OCH3 is 2. The Morgan fingerprint density at radius 2 is 1.57 bits per heavy atom. The number of benzene rings is 3. The molecule has 1 aromatic heterocycles. The summed E-state index contributed by atoms with van der Waals surface area (Å²) < 4.78 is 43.2. The van der Waals surface area contributed by atoms with Gasteiger partial charge in [-0.05, 0) is 52.4 Å². The Morgan fingerprint density at radius 1 is 1.00 bits per heavy atom. The summed E-state index contributed by atoms with van der Waals surface area (Å²) >= 11 is 0. The first-order valence-corrected chi connectivity index (χ1v) is 16.0. The van der Waals surface area contributed by atoms with Gasteiger partial charge in [0.05, 0.1) is 27.2 Å². The van der Waals surface area contributed by atoms with Crippen LogP contribution in [0.5, 0.6) is 11.5 Å². The van der Waals surface area contributed by atoms with Crippen LogP contribution >= 0.6 is 8.25 Å². The first kappa shape index (κ1) is 33.9. The Morgan fingerprint density at radius 3 is 2.11 bits per heavy atom. The summed E-state index contributed by atoms with van der Waals surface area (Å²) in [5.74, 6) is 1.47. The fraction of sp³-hybridized carbons (Fsp3) is 0.324. The van der Waals surface area contributed by atoms with Crippen LogP contribution in [0.2, 0.25) is 0 Å². The topological polar surface area (TPSA) is 137 Å². The van der Waals surface area contributed by atoms with Gasteiger partial charge in [-0.3, -0.25) is 9.36 Å². The van der Waals surface area contributed by atoms with Gasteiger partial charge in [-0.15, -0.1) is 4.52 Å². The molecule has 13 heteroatoms. The average Bonchev–Trinajstić information content (AvgIpc) is 3.47. The molecule has 1 fully saturated rings. The van der Waals surface area contributed by atoms with Crippen molar-refractivity contribution in [3.63, 3.8) is 0 Å². The van der Waals surface area contributed by atoms with E-state index in [1.54, 1.807) is 50.9 Å². The normalized spacial score (nSPS) is 18.3. The van der Waals surface area contributed by atoms with Crippen LogP contribution in [0, 0.1) is 6.92 Å². The summed E-state index contributed by atoms with van der Waals surface area (Å²) in [5.41, 5.74) is 1.23. The Balaban J connectivity index is 1.57. The maximum Gasteiger partial charge on any atom is 0.488 e. The van der Waals surface area contributed by atoms with Gasteiger partial charge >= 0.3 is 8.25 Å². The van der Waals surface area contributed by atoms with E-state index >= 15 is 0 Å². The smallest absolute Gasteiger partial charge is 0.488 e. The highest BCUT2D eigenvalue weighted by Gasteiger charge is 2.45. The number of hydrogen-bond donors (Lipinski definition) is 0. The third-order valence-electron chi connectivity index (χ3n) is 7.86. The van der Waals surface area contributed by atoms with E-state index in [0.717, 1.165) is 16.7 Å². The molecule has 1 unspecified atom stereocenters. The first-order chi connectivity index (χ1) is 22.6. The molecule has 0 spiro atoms. The fourth-order valence-corrected chi connectivity index (χ4v) is 6.00. The molecular weight excluding hydrogens is 623 g/mol. The molecule has 0 saturated carbocycles. The molecule has 1 aliphatic rings. The van der Waals surface area contributed by atoms with Crippen LogP contribution in [0.3, 0.4) is 0 Å². The van der Waals surface area contributed by atoms with Crippen LogP contribution < -0.4 is 19.9 Å². The zero-order valence-electron chi connectivity index (χ0n) is 26.8. The monoisotopic (exact) mass is 660 g/mol. The highest BCUT2D eigenvalue weighted by molar-refractivity contribution is 7.30. The van der Waals surface area contributed by atoms with Crippen molar-refractivity contribution in [2.75, 3.05) is 34.9 Å². The summed E-state index contributed by atoms with van der Waals surface area (Å²) in [7, 11) is 3.57. The van der Waals surface area contributed by atoms with E-state index in [1.165, 1.54) is 6.34 Å². The third kappa shape index (κ3) is 7.59. The standard InChI is InChI=1S/C34H37N4O8P/c1-23-20-38(33(36-32(23)39)35-22-37(2)3)31-19-29(46-47(40)41)30(45-31)21-44-34(24-9-7-6-8-10-24,25-11-15-27(42-4)16-12-25)26-13-17-28(43-5)18-14-26/h6-18,20,22,29-31H,19,21H2,1-5H3/t29-,30+,31+/m0/s1. The minimum Gasteiger partial charge on any atom is -0.566 e. The molecule has 4 aromatic rings. The van der Waals surface area contributed by atoms with Crippen LogP contribution in [-0.4, -0.2) is 67.9 Å². The zero-order chi connectivity index (χ0) is 33.6. The van der Waals surface area contributed by atoms with Crippen LogP contribution in [0.25, 0.3) is 0 Å². The fourth-order valence-electron chi connectivity index (χ4n) is 5.56. The predicted molar refractivity (Wildman–Crippen MR) is 174 cm³/mol. The van der Waals surface area contributed by atoms with Gasteiger partial charge in [0.15, 0.2) is 0 Å². The van der Waals surface area contributed by atoms with Crippen LogP contribution in [0.4, 0.5) is 5.95 Å². The van der Waals surface area contributed by atoms with E-state index < -0.39 is 37.9 Å². The lowest BCUT2D eigenvalue weighted by Gasteiger charge is -2.37. The van der Waals surface area contributed by atoms with Crippen LogP contribution in [0.15, 0.2) is 94.8 Å². The van der Waals surface area contributed by atoms with Gasteiger partial charge in [0.1, 0.15) is 35.5 Å². The summed E-state index contributed by atoms with van der Waals surface area (Å²) in [6.07, 6.45) is 0.768. The molecule has 4 atom stereocenters. The number of ether oxygens (including phenoxy) is 4. The van der Waals surface area contributed by atoms with Crippen molar-refractivity contribution >= 4 is 20.5 Å². The number of hydrogen-bond acceptors (Lipinski definition) is 10. The Labute approximate surface area is 274 Å². The van der Waals surface area contributed by atoms with Crippen molar-refractivity contribution in [3.05, 3.63) is 118 Å². The average molecular weight is 661 g/mol. The molecule has 2 heterocycles. The van der Waals surface area contributed by atoms with Crippen molar-refractivity contribution in [2.45, 2.75) is 37.4 Å². The van der Waals surface area contributed by atoms with Crippen molar-refractivity contribution in [2.24, 2.45) is 4.99 Å². The number of aryl methyl sites for hydroxylation is 1. The van der Waals surface area contributed by atoms with E-state index in [2.05, 4.69) is 9.98 Å². The maximum atomic E-state index is 12.4. The summed E-state index contributed by atoms with van der Waals surface area (Å²) in [6, 6.07) is 24.9. The molecule has 246 valence electrons. The number of nitrogens with zero attached hydrogens (tertiary/aromatic N) is 4. The Kier molecular flexibility index (Phi) is 10.8. The van der Waals surface area contributed by atoms with Crippen molar-refractivity contribution < 1.29 is 32.9 Å². The second-order valence-corrected chi connectivity index (χ2v) is 11.9. The van der Waals surface area contributed by atoms with Crippen molar-refractivity contribution in [1.82, 2.24) is 14.5 Å². The minimum atomic E-state index is -3.22. The minimum absolute atomic E-state index is 0.0692. The Hall–Kier alpha value is -4.45. The molecule has 12 nitrogen and oxygen atoms in total. The van der Waals surface area contributed by atoms with Crippen LogP contribution in [0.1, 0.15) is 34.9 Å². The van der Waals surface area contributed by atoms with Gasteiger partial charge in [-0.25, -0.2) is 4.99 Å². The number of rotatable bonds is 13. The third-order valence-corrected chi connectivity index (χ3v) is 8.30. The zero-order valence-corrected chi connectivity index (χ0v) is 27.7. The van der Waals surface area contributed by atoms with Gasteiger partial charge in [-0.1, -0.05) is 54.6 Å². The van der Waals surface area contributed by atoms with E-state index in [9.17, 15) is 14.3 Å². The largest absolute Gasteiger partial charge is 0.566 e. The molecule has 47 heavy (non-hydrogen) atoms. The second-order valence-electron chi connectivity index (χ2n) is 11.2. The van der Waals surface area contributed by atoms with Gasteiger partial charge in [0, 0.05) is 32.3 Å². The van der Waals surface area contributed by atoms with Gasteiger partial charge < -0.3 is 28.7 Å². The highest BCUT2D eigenvalue weighted by atomic mass is 31.1. The number of aromatic nitrogens is 2. The second kappa shape index (κ2) is 15.0. The quantitative estimate of drug-likeness (QED) is 0.0873. The van der Waals surface area contributed by atoms with Gasteiger partial charge in [0.2, 0.25) is 5.95 Å². The summed E-state index contributed by atoms with van der Waals surface area (Å²) in [5, 5.41) is 0. The molecule has 0 N–H and O–H groups in total. The maximum absolute atomic E-state index is 12.4. The summed E-state index contributed by atoms with van der Waals surface area (Å²) in [4.78, 5) is 34.5. The van der Waals surface area contributed by atoms with E-state index in [0.29, 0.717) is 17.1 Å². The van der Waals surface area contributed by atoms with Crippen molar-refractivity contribution in [1.29, 1.82) is 0 Å². The van der Waals surface area contributed by atoms with Crippen molar-refractivity contribution in [3.8, 4) is 11.5 Å². The molecule has 3 aromatic carbocycles. The van der Waals surface area contributed by atoms with Gasteiger partial charge in [-0.2, -0.15) is 4.98 Å². The lowest BCUT2D eigenvalue weighted by Crippen LogP contribution is -2.38. The molecule has 1 aliphatic heterocycles. The highest BCUT2D eigenvalue weighted by Crippen LogP contribution is 2.43. The lowest BCUT2D eigenvalue weighted by molar-refractivity contribution is -0.192. The van der Waals surface area contributed by atoms with Crippen LogP contribution in [-0.2, 0) is 24.2 Å². The first-order valence-electron chi connectivity index (χ1n) is 14.9. The predicted octanol–water partition coefficient (Wildman–Crippen LogP) is 4.49. The molecule has 0 aliphatic carbocycles. The lowest BCUT2D eigenvalue weighted by atomic mass is 9.80. The molecule has 5 rings (SSSR count). The van der Waals surface area contributed by atoms with Gasteiger partial charge in [0.25, 0.3) is 5.56 Å². The summed E-state index contributed by atoms with van der Waals surface area (Å²) in [6.45, 7) is 1.57. The van der Waals surface area contributed by atoms with E-state index in [1.807, 2.05) is 78.9 Å². The molecule has 0 radical (unpaired) electrons. The van der Waals surface area contributed by atoms with E-state index in [4.69, 9.17) is 23.5 Å². The molecule has 0 amide bonds. The Bertz CT molecular complexity index is 1700. The SMILES string of the molecule is COc1ccc(C(OC[C@H]2O[C@@H](n3cc(C)c(=O)nc3N=CN(C)C)C[C@@H]2O[P+](=O)[O-])(c2ccccc2)c2ccc(OC)cc2)cc1. The molecule has 0 bridgehead atoms. The molecule has 1 saturated heterocycles. The molecular formula is C34H37N4O8P.